The third-order valence-corrected chi connectivity index (χ3v) is 8.59. The van der Waals surface area contributed by atoms with Crippen molar-refractivity contribution in [1.29, 1.82) is 0 Å². The number of aryl methyl sites for hydroxylation is 1. The molecule has 5 aromatic carbocycles. The molecule has 0 bridgehead atoms. The quantitative estimate of drug-likeness (QED) is 0.201. The molecule has 0 atom stereocenters. The molecule has 0 amide bonds. The minimum Gasteiger partial charge on any atom is -0.469 e. The highest BCUT2D eigenvalue weighted by Crippen LogP contribution is 2.44. The van der Waals surface area contributed by atoms with Crippen LogP contribution in [0.15, 0.2) is 151 Å². The van der Waals surface area contributed by atoms with Gasteiger partial charge in [-0.15, -0.1) is 0 Å². The van der Waals surface area contributed by atoms with Crippen molar-refractivity contribution >= 4 is 33.2 Å². The number of fused-ring (bicyclic) bond motifs is 2. The summed E-state index contributed by atoms with van der Waals surface area (Å²) in [5, 5.41) is 4.88. The Kier molecular flexibility index (Phi) is 7.01. The van der Waals surface area contributed by atoms with Gasteiger partial charge in [-0.3, -0.25) is 0 Å². The maximum atomic E-state index is 6.15. The average Bonchev–Trinajstić information content (AvgIpc) is 3.03. The molecule has 7 rings (SSSR count). The van der Waals surface area contributed by atoms with Gasteiger partial charge in [0.25, 0.3) is 0 Å². The second kappa shape index (κ2) is 11.3. The highest BCUT2D eigenvalue weighted by molar-refractivity contribution is 6.19. The van der Waals surface area contributed by atoms with Gasteiger partial charge in [-0.25, -0.2) is 0 Å². The second-order valence-electron chi connectivity index (χ2n) is 11.3. The fourth-order valence-electron chi connectivity index (χ4n) is 6.49. The number of rotatable bonds is 4. The SMILES string of the molecule is C=C1/C=C(c2c3ccccc3c(-c3cccc(-c4ccc(C)c(/C=C\C)c4)c3)c3ccccc23)\C=C/OC2=C1C=CCC2. The Labute approximate surface area is 254 Å². The predicted molar refractivity (Wildman–Crippen MR) is 185 cm³/mol. The van der Waals surface area contributed by atoms with Crippen molar-refractivity contribution in [3.63, 3.8) is 0 Å². The van der Waals surface area contributed by atoms with Gasteiger partial charge in [0.2, 0.25) is 0 Å². The van der Waals surface area contributed by atoms with Crippen molar-refractivity contribution in [1.82, 2.24) is 0 Å². The molecule has 1 heterocycles. The Morgan fingerprint density at radius 1 is 0.721 bits per heavy atom. The zero-order chi connectivity index (χ0) is 29.3. The first-order valence-electron chi connectivity index (χ1n) is 15.0. The van der Waals surface area contributed by atoms with E-state index in [0.29, 0.717) is 0 Å². The van der Waals surface area contributed by atoms with Gasteiger partial charge < -0.3 is 4.74 Å². The van der Waals surface area contributed by atoms with Gasteiger partial charge in [0.1, 0.15) is 5.76 Å². The van der Waals surface area contributed by atoms with Gasteiger partial charge in [0.15, 0.2) is 0 Å². The van der Waals surface area contributed by atoms with Crippen LogP contribution in [0.2, 0.25) is 0 Å². The third-order valence-electron chi connectivity index (χ3n) is 8.59. The summed E-state index contributed by atoms with van der Waals surface area (Å²) in [6.45, 7) is 8.69. The molecule has 0 unspecified atom stereocenters. The lowest BCUT2D eigenvalue weighted by Gasteiger charge is -2.21. The van der Waals surface area contributed by atoms with E-state index < -0.39 is 0 Å². The number of hydrogen-bond donors (Lipinski definition) is 0. The molecule has 1 aliphatic heterocycles. The van der Waals surface area contributed by atoms with Crippen LogP contribution in [0, 0.1) is 6.92 Å². The molecule has 1 aliphatic carbocycles. The summed E-state index contributed by atoms with van der Waals surface area (Å²) in [5.74, 6) is 0.996. The summed E-state index contributed by atoms with van der Waals surface area (Å²) in [4.78, 5) is 0. The van der Waals surface area contributed by atoms with E-state index in [-0.39, 0.29) is 0 Å². The van der Waals surface area contributed by atoms with Crippen LogP contribution in [-0.2, 0) is 4.74 Å². The summed E-state index contributed by atoms with van der Waals surface area (Å²) in [6.07, 6.45) is 16.7. The van der Waals surface area contributed by atoms with Gasteiger partial charge in [-0.1, -0.05) is 110 Å². The van der Waals surface area contributed by atoms with E-state index in [2.05, 4.69) is 148 Å². The Bertz CT molecular complexity index is 2020. The van der Waals surface area contributed by atoms with Gasteiger partial charge in [0.05, 0.1) is 6.26 Å². The number of hydrogen-bond acceptors (Lipinski definition) is 1. The molecule has 0 N–H and O–H groups in total. The zero-order valence-electron chi connectivity index (χ0n) is 24.7. The number of allylic oxidation sites excluding steroid dienone is 9. The zero-order valence-corrected chi connectivity index (χ0v) is 24.7. The van der Waals surface area contributed by atoms with E-state index in [0.717, 1.165) is 35.3 Å². The summed E-state index contributed by atoms with van der Waals surface area (Å²) in [6, 6.07) is 33.3. The Balaban J connectivity index is 1.45. The molecule has 2 aliphatic rings. The third kappa shape index (κ3) is 4.87. The van der Waals surface area contributed by atoms with Crippen molar-refractivity contribution < 1.29 is 4.74 Å². The maximum Gasteiger partial charge on any atom is 0.111 e. The van der Waals surface area contributed by atoms with E-state index in [1.807, 2.05) is 6.26 Å². The van der Waals surface area contributed by atoms with Crippen LogP contribution in [0.4, 0.5) is 0 Å². The number of benzene rings is 5. The van der Waals surface area contributed by atoms with Crippen molar-refractivity contribution in [3.05, 3.63) is 168 Å². The first-order chi connectivity index (χ1) is 21.1. The minimum absolute atomic E-state index is 0.900. The first-order valence-corrected chi connectivity index (χ1v) is 15.0. The summed E-state index contributed by atoms with van der Waals surface area (Å²) < 4.78 is 6.15. The molecule has 0 saturated carbocycles. The smallest absolute Gasteiger partial charge is 0.111 e. The van der Waals surface area contributed by atoms with Crippen LogP contribution in [0.1, 0.15) is 36.5 Å². The molecular weight excluding hydrogens is 520 g/mol. The van der Waals surface area contributed by atoms with E-state index in [1.165, 1.54) is 60.5 Å². The van der Waals surface area contributed by atoms with E-state index >= 15 is 0 Å². The number of ether oxygens (including phenoxy) is 1. The largest absolute Gasteiger partial charge is 0.469 e. The predicted octanol–water partition coefficient (Wildman–Crippen LogP) is 11.8. The molecule has 0 aromatic heterocycles. The van der Waals surface area contributed by atoms with Crippen molar-refractivity contribution in [2.75, 3.05) is 0 Å². The molecule has 208 valence electrons. The van der Waals surface area contributed by atoms with Crippen LogP contribution in [0.5, 0.6) is 0 Å². The first kappa shape index (κ1) is 26.7. The molecular formula is C42H34O. The molecule has 0 saturated heterocycles. The Hall–Kier alpha value is -5.14. The van der Waals surface area contributed by atoms with Crippen molar-refractivity contribution in [2.24, 2.45) is 0 Å². The second-order valence-corrected chi connectivity index (χ2v) is 11.3. The molecule has 0 spiro atoms. The molecule has 0 fully saturated rings. The van der Waals surface area contributed by atoms with Gasteiger partial charge in [-0.05, 0) is 116 Å². The van der Waals surface area contributed by atoms with Crippen LogP contribution in [-0.4, -0.2) is 0 Å². The fourth-order valence-corrected chi connectivity index (χ4v) is 6.49. The molecule has 43 heavy (non-hydrogen) atoms. The average molecular weight is 555 g/mol. The van der Waals surface area contributed by atoms with Crippen LogP contribution >= 0.6 is 0 Å². The highest BCUT2D eigenvalue weighted by atomic mass is 16.5. The van der Waals surface area contributed by atoms with E-state index in [9.17, 15) is 0 Å². The Morgan fingerprint density at radius 3 is 2.12 bits per heavy atom. The van der Waals surface area contributed by atoms with Crippen molar-refractivity contribution in [3.8, 4) is 22.3 Å². The lowest BCUT2D eigenvalue weighted by atomic mass is 9.84. The normalized spacial score (nSPS) is 17.0. The maximum absolute atomic E-state index is 6.15. The van der Waals surface area contributed by atoms with Gasteiger partial charge in [0, 0.05) is 12.0 Å². The lowest BCUT2D eigenvalue weighted by Crippen LogP contribution is -2.01. The molecule has 5 aromatic rings. The lowest BCUT2D eigenvalue weighted by molar-refractivity contribution is 0.329. The minimum atomic E-state index is 0.900. The van der Waals surface area contributed by atoms with Crippen LogP contribution in [0.25, 0.3) is 55.4 Å². The molecule has 1 nitrogen and oxygen atoms in total. The van der Waals surface area contributed by atoms with E-state index in [1.54, 1.807) is 0 Å². The topological polar surface area (TPSA) is 9.23 Å². The summed E-state index contributed by atoms with van der Waals surface area (Å²) in [5.41, 5.74) is 11.8. The monoisotopic (exact) mass is 554 g/mol. The Morgan fingerprint density at radius 2 is 1.40 bits per heavy atom. The van der Waals surface area contributed by atoms with Crippen LogP contribution < -0.4 is 0 Å². The molecule has 0 radical (unpaired) electrons. The molecule has 1 heteroatoms. The highest BCUT2D eigenvalue weighted by Gasteiger charge is 2.19. The van der Waals surface area contributed by atoms with Gasteiger partial charge >= 0.3 is 0 Å². The van der Waals surface area contributed by atoms with E-state index in [4.69, 9.17) is 4.74 Å². The standard InChI is InChI=1S/C42H34O/c1-4-12-30-26-32(22-21-28(30)2)31-13-11-14-33(27-31)41-36-16-5-7-18-38(36)42(39-19-8-6-17-37(39)41)34-23-24-43-40-20-10-9-15-35(40)29(3)25-34/h4-9,11-19,21-27H,3,10,20H2,1-2H3/b12-4-,24-23-,34-25+. The summed E-state index contributed by atoms with van der Waals surface area (Å²) in [7, 11) is 0. The van der Waals surface area contributed by atoms with Crippen molar-refractivity contribution in [2.45, 2.75) is 26.7 Å². The summed E-state index contributed by atoms with van der Waals surface area (Å²) >= 11 is 0. The van der Waals surface area contributed by atoms with Gasteiger partial charge in [-0.2, -0.15) is 0 Å². The fraction of sp³-hybridized carbons (Fsp3) is 0.0952. The van der Waals surface area contributed by atoms with Crippen LogP contribution in [0.3, 0.4) is 0 Å².